The monoisotopic (exact) mass is 311 g/mol. The van der Waals surface area contributed by atoms with Gasteiger partial charge in [-0.3, -0.25) is 0 Å². The largest absolute Gasteiger partial charge is 0.455 e. The van der Waals surface area contributed by atoms with Gasteiger partial charge < -0.3 is 20.3 Å². The third kappa shape index (κ3) is 4.23. The molecule has 2 aromatic carbocycles. The van der Waals surface area contributed by atoms with Crippen LogP contribution in [-0.2, 0) is 0 Å². The van der Waals surface area contributed by atoms with Gasteiger partial charge in [-0.1, -0.05) is 30.3 Å². The molecule has 0 spiro atoms. The number of likely N-dealkylation sites (tertiary alicyclic amines) is 1. The molecule has 1 aliphatic rings. The summed E-state index contributed by atoms with van der Waals surface area (Å²) in [4.78, 5) is 14.4. The van der Waals surface area contributed by atoms with E-state index in [2.05, 4.69) is 22.6 Å². The zero-order valence-corrected chi connectivity index (χ0v) is 13.2. The average molecular weight is 311 g/mol. The molecule has 0 radical (unpaired) electrons. The number of hydrogen-bond donors (Lipinski definition) is 2. The van der Waals surface area contributed by atoms with Crippen molar-refractivity contribution in [2.24, 2.45) is 0 Å². The van der Waals surface area contributed by atoms with Crippen LogP contribution < -0.4 is 15.4 Å². The summed E-state index contributed by atoms with van der Waals surface area (Å²) in [5.41, 5.74) is 0.653. The van der Waals surface area contributed by atoms with Gasteiger partial charge >= 0.3 is 6.03 Å². The molecule has 120 valence electrons. The van der Waals surface area contributed by atoms with Crippen LogP contribution in [0.5, 0.6) is 11.5 Å². The molecule has 1 saturated heterocycles. The minimum Gasteiger partial charge on any atom is -0.455 e. The Bertz CT molecular complexity index is 660. The maximum Gasteiger partial charge on any atom is 0.319 e. The molecule has 0 aromatic heterocycles. The Morgan fingerprint density at radius 1 is 1.13 bits per heavy atom. The van der Waals surface area contributed by atoms with E-state index in [-0.39, 0.29) is 12.1 Å². The standard InChI is InChI=1S/C18H21N3O2/c1-21-12-11-14(13-21)19-18(22)20-16-9-5-6-10-17(16)23-15-7-3-2-4-8-15/h2-10,14H,11-13H2,1H3,(H2,19,20,22)/t14-/m1/s1. The van der Waals surface area contributed by atoms with Crippen LogP contribution in [0.1, 0.15) is 6.42 Å². The van der Waals surface area contributed by atoms with Crippen LogP contribution in [0.25, 0.3) is 0 Å². The zero-order chi connectivity index (χ0) is 16.1. The lowest BCUT2D eigenvalue weighted by Gasteiger charge is -2.16. The maximum atomic E-state index is 12.2. The number of amides is 2. The van der Waals surface area contributed by atoms with E-state index in [0.29, 0.717) is 11.4 Å². The van der Waals surface area contributed by atoms with E-state index < -0.39 is 0 Å². The number of benzene rings is 2. The van der Waals surface area contributed by atoms with Crippen molar-refractivity contribution in [2.75, 3.05) is 25.5 Å². The number of likely N-dealkylation sites (N-methyl/N-ethyl adjacent to an activating group) is 1. The van der Waals surface area contributed by atoms with Crippen LogP contribution in [0.3, 0.4) is 0 Å². The summed E-state index contributed by atoms with van der Waals surface area (Å²) in [7, 11) is 2.06. The lowest BCUT2D eigenvalue weighted by atomic mass is 10.2. The summed E-state index contributed by atoms with van der Waals surface area (Å²) in [5, 5.41) is 5.88. The molecule has 0 unspecified atom stereocenters. The van der Waals surface area contributed by atoms with Gasteiger partial charge in [0, 0.05) is 12.6 Å². The number of nitrogens with one attached hydrogen (secondary N) is 2. The van der Waals surface area contributed by atoms with E-state index >= 15 is 0 Å². The number of nitrogens with zero attached hydrogens (tertiary/aromatic N) is 1. The van der Waals surface area contributed by atoms with Crippen LogP contribution in [0.15, 0.2) is 54.6 Å². The molecule has 3 rings (SSSR count). The molecule has 23 heavy (non-hydrogen) atoms. The number of urea groups is 1. The molecule has 5 nitrogen and oxygen atoms in total. The third-order valence-corrected chi connectivity index (χ3v) is 3.83. The Kier molecular flexibility index (Phi) is 4.78. The lowest BCUT2D eigenvalue weighted by molar-refractivity contribution is 0.248. The Morgan fingerprint density at radius 2 is 1.87 bits per heavy atom. The van der Waals surface area contributed by atoms with Gasteiger partial charge in [0.1, 0.15) is 5.75 Å². The van der Waals surface area contributed by atoms with Gasteiger partial charge in [0.15, 0.2) is 5.75 Å². The van der Waals surface area contributed by atoms with E-state index in [1.165, 1.54) is 0 Å². The van der Waals surface area contributed by atoms with E-state index in [4.69, 9.17) is 4.74 Å². The Morgan fingerprint density at radius 3 is 2.61 bits per heavy atom. The maximum absolute atomic E-state index is 12.2. The first kappa shape index (κ1) is 15.4. The molecule has 2 amide bonds. The number of anilines is 1. The predicted molar refractivity (Wildman–Crippen MR) is 91.0 cm³/mol. The molecule has 0 bridgehead atoms. The predicted octanol–water partition coefficient (Wildman–Crippen LogP) is 3.30. The molecule has 2 N–H and O–H groups in total. The fraction of sp³-hybridized carbons (Fsp3) is 0.278. The van der Waals surface area contributed by atoms with Crippen molar-refractivity contribution in [2.45, 2.75) is 12.5 Å². The van der Waals surface area contributed by atoms with Crippen molar-refractivity contribution in [1.82, 2.24) is 10.2 Å². The topological polar surface area (TPSA) is 53.6 Å². The number of hydrogen-bond acceptors (Lipinski definition) is 3. The molecular weight excluding hydrogens is 290 g/mol. The van der Waals surface area contributed by atoms with Gasteiger partial charge in [-0.25, -0.2) is 4.79 Å². The lowest BCUT2D eigenvalue weighted by Crippen LogP contribution is -2.39. The highest BCUT2D eigenvalue weighted by Gasteiger charge is 2.21. The molecule has 1 atom stereocenters. The fourth-order valence-electron chi connectivity index (χ4n) is 2.67. The van der Waals surface area contributed by atoms with E-state index in [9.17, 15) is 4.79 Å². The first-order valence-electron chi connectivity index (χ1n) is 7.79. The summed E-state index contributed by atoms with van der Waals surface area (Å²) >= 11 is 0. The molecule has 0 saturated carbocycles. The average Bonchev–Trinajstić information content (AvgIpc) is 2.95. The van der Waals surface area contributed by atoms with E-state index in [1.807, 2.05) is 54.6 Å². The second kappa shape index (κ2) is 7.15. The van der Waals surface area contributed by atoms with Gasteiger partial charge in [-0.15, -0.1) is 0 Å². The van der Waals surface area contributed by atoms with Crippen LogP contribution in [-0.4, -0.2) is 37.1 Å². The zero-order valence-electron chi connectivity index (χ0n) is 13.2. The van der Waals surface area contributed by atoms with E-state index in [1.54, 1.807) is 0 Å². The van der Waals surface area contributed by atoms with Crippen molar-refractivity contribution in [3.63, 3.8) is 0 Å². The smallest absolute Gasteiger partial charge is 0.319 e. The second-order valence-corrected chi connectivity index (χ2v) is 5.76. The first-order chi connectivity index (χ1) is 11.2. The second-order valence-electron chi connectivity index (χ2n) is 5.76. The number of rotatable bonds is 4. The molecule has 1 fully saturated rings. The summed E-state index contributed by atoms with van der Waals surface area (Å²) in [6.45, 7) is 1.90. The van der Waals surface area contributed by atoms with Crippen molar-refractivity contribution in [1.29, 1.82) is 0 Å². The van der Waals surface area contributed by atoms with Crippen LogP contribution in [0.2, 0.25) is 0 Å². The quantitative estimate of drug-likeness (QED) is 0.911. The van der Waals surface area contributed by atoms with Crippen LogP contribution in [0.4, 0.5) is 10.5 Å². The minimum absolute atomic E-state index is 0.196. The Balaban J connectivity index is 1.64. The van der Waals surface area contributed by atoms with Gasteiger partial charge in [0.2, 0.25) is 0 Å². The van der Waals surface area contributed by atoms with Crippen molar-refractivity contribution in [3.05, 3.63) is 54.6 Å². The summed E-state index contributed by atoms with van der Waals surface area (Å²) in [6, 6.07) is 16.9. The van der Waals surface area contributed by atoms with Gasteiger partial charge in [-0.05, 0) is 44.3 Å². The molecule has 1 heterocycles. The van der Waals surface area contributed by atoms with Crippen LogP contribution >= 0.6 is 0 Å². The summed E-state index contributed by atoms with van der Waals surface area (Å²) in [5.74, 6) is 1.36. The molecule has 0 aliphatic carbocycles. The fourth-order valence-corrected chi connectivity index (χ4v) is 2.67. The minimum atomic E-state index is -0.200. The first-order valence-corrected chi connectivity index (χ1v) is 7.79. The number of carbonyl (C=O) groups excluding carboxylic acids is 1. The van der Waals surface area contributed by atoms with Gasteiger partial charge in [-0.2, -0.15) is 0 Å². The normalized spacial score (nSPS) is 17.7. The van der Waals surface area contributed by atoms with Gasteiger partial charge in [0.25, 0.3) is 0 Å². The SMILES string of the molecule is CN1CC[C@@H](NC(=O)Nc2ccccc2Oc2ccccc2)C1. The van der Waals surface area contributed by atoms with Crippen LogP contribution in [0, 0.1) is 0 Å². The highest BCUT2D eigenvalue weighted by Crippen LogP contribution is 2.29. The summed E-state index contributed by atoms with van der Waals surface area (Å²) < 4.78 is 5.85. The highest BCUT2D eigenvalue weighted by molar-refractivity contribution is 5.91. The molecule has 2 aromatic rings. The Labute approximate surface area is 136 Å². The number of carbonyl (C=O) groups is 1. The highest BCUT2D eigenvalue weighted by atomic mass is 16.5. The molecule has 5 heteroatoms. The molecule has 1 aliphatic heterocycles. The van der Waals surface area contributed by atoms with Crippen molar-refractivity contribution >= 4 is 11.7 Å². The number of ether oxygens (including phenoxy) is 1. The number of para-hydroxylation sites is 3. The van der Waals surface area contributed by atoms with Crippen molar-refractivity contribution in [3.8, 4) is 11.5 Å². The van der Waals surface area contributed by atoms with E-state index in [0.717, 1.165) is 25.3 Å². The Hall–Kier alpha value is -2.53. The van der Waals surface area contributed by atoms with Gasteiger partial charge in [0.05, 0.1) is 5.69 Å². The summed E-state index contributed by atoms with van der Waals surface area (Å²) in [6.07, 6.45) is 0.978. The van der Waals surface area contributed by atoms with Crippen molar-refractivity contribution < 1.29 is 9.53 Å². The third-order valence-electron chi connectivity index (χ3n) is 3.83. The molecular formula is C18H21N3O2.